The summed E-state index contributed by atoms with van der Waals surface area (Å²) in [6.07, 6.45) is 0.711. The summed E-state index contributed by atoms with van der Waals surface area (Å²) in [5.41, 5.74) is 2.48. The SMILES string of the molecule is CCOc1ccc(CCNC(=O)C2c3ccccc3C(=O)N(CCOC)C2c2cccs2)cc1. The molecule has 2 heterocycles. The molecule has 0 saturated heterocycles. The number of nitrogens with one attached hydrogen (secondary N) is 1. The molecular formula is C27H30N2O4S. The summed E-state index contributed by atoms with van der Waals surface area (Å²) in [4.78, 5) is 29.8. The minimum atomic E-state index is -0.496. The number of carbonyl (C=O) groups excluding carboxylic acids is 2. The fraction of sp³-hybridized carbons (Fsp3) is 0.333. The van der Waals surface area contributed by atoms with Gasteiger partial charge in [0.2, 0.25) is 5.91 Å². The number of rotatable bonds is 10. The van der Waals surface area contributed by atoms with Gasteiger partial charge in [-0.3, -0.25) is 9.59 Å². The number of hydrogen-bond acceptors (Lipinski definition) is 5. The van der Waals surface area contributed by atoms with Crippen molar-refractivity contribution in [1.82, 2.24) is 10.2 Å². The van der Waals surface area contributed by atoms with Crippen LogP contribution in [-0.4, -0.2) is 50.1 Å². The number of fused-ring (bicyclic) bond motifs is 1. The second-order valence-electron chi connectivity index (χ2n) is 8.13. The van der Waals surface area contributed by atoms with Crippen LogP contribution >= 0.6 is 11.3 Å². The van der Waals surface area contributed by atoms with Crippen molar-refractivity contribution in [2.75, 3.05) is 33.4 Å². The van der Waals surface area contributed by atoms with Crippen molar-refractivity contribution in [2.24, 2.45) is 0 Å². The zero-order valence-corrected chi connectivity index (χ0v) is 20.3. The second-order valence-corrected chi connectivity index (χ2v) is 9.11. The highest BCUT2D eigenvalue weighted by atomic mass is 32.1. The third kappa shape index (κ3) is 5.16. The Morgan fingerprint density at radius 3 is 2.59 bits per heavy atom. The quantitative estimate of drug-likeness (QED) is 0.468. The molecule has 4 rings (SSSR count). The maximum absolute atomic E-state index is 13.6. The first-order valence-electron chi connectivity index (χ1n) is 11.6. The van der Waals surface area contributed by atoms with E-state index in [1.54, 1.807) is 23.3 Å². The van der Waals surface area contributed by atoms with Crippen molar-refractivity contribution >= 4 is 23.2 Å². The third-order valence-electron chi connectivity index (χ3n) is 6.04. The first-order chi connectivity index (χ1) is 16.6. The van der Waals surface area contributed by atoms with Crippen LogP contribution in [0.3, 0.4) is 0 Å². The molecule has 0 aliphatic carbocycles. The van der Waals surface area contributed by atoms with Crippen LogP contribution < -0.4 is 10.1 Å². The zero-order valence-electron chi connectivity index (χ0n) is 19.5. The van der Waals surface area contributed by atoms with Gasteiger partial charge in [-0.25, -0.2) is 0 Å². The van der Waals surface area contributed by atoms with Crippen molar-refractivity contribution in [2.45, 2.75) is 25.3 Å². The van der Waals surface area contributed by atoms with Crippen LogP contribution in [0.1, 0.15) is 45.2 Å². The molecule has 2 aromatic carbocycles. The molecule has 0 fully saturated rings. The minimum absolute atomic E-state index is 0.0653. The molecule has 178 valence electrons. The van der Waals surface area contributed by atoms with Crippen molar-refractivity contribution in [3.63, 3.8) is 0 Å². The van der Waals surface area contributed by atoms with Crippen LogP contribution in [0.25, 0.3) is 0 Å². The highest BCUT2D eigenvalue weighted by molar-refractivity contribution is 7.10. The van der Waals surface area contributed by atoms with Crippen LogP contribution in [-0.2, 0) is 16.0 Å². The van der Waals surface area contributed by atoms with Gasteiger partial charge >= 0.3 is 0 Å². The van der Waals surface area contributed by atoms with Gasteiger partial charge in [0, 0.05) is 30.6 Å². The first kappa shape index (κ1) is 24.0. The fourth-order valence-electron chi connectivity index (χ4n) is 4.45. The van der Waals surface area contributed by atoms with Gasteiger partial charge in [-0.2, -0.15) is 0 Å². The molecule has 1 aliphatic rings. The van der Waals surface area contributed by atoms with Gasteiger partial charge in [0.15, 0.2) is 0 Å². The van der Waals surface area contributed by atoms with Gasteiger partial charge in [-0.15, -0.1) is 11.3 Å². The van der Waals surface area contributed by atoms with E-state index in [-0.39, 0.29) is 17.9 Å². The van der Waals surface area contributed by atoms with Crippen LogP contribution in [0.2, 0.25) is 0 Å². The predicted molar refractivity (Wildman–Crippen MR) is 133 cm³/mol. The molecule has 6 nitrogen and oxygen atoms in total. The van der Waals surface area contributed by atoms with Crippen molar-refractivity contribution in [3.05, 3.63) is 87.6 Å². The average molecular weight is 479 g/mol. The molecule has 1 N–H and O–H groups in total. The largest absolute Gasteiger partial charge is 0.494 e. The maximum Gasteiger partial charge on any atom is 0.254 e. The lowest BCUT2D eigenvalue weighted by Gasteiger charge is -2.41. The summed E-state index contributed by atoms with van der Waals surface area (Å²) >= 11 is 1.56. The monoisotopic (exact) mass is 478 g/mol. The number of carbonyl (C=O) groups is 2. The van der Waals surface area contributed by atoms with Gasteiger partial charge in [0.05, 0.1) is 25.2 Å². The predicted octanol–water partition coefficient (Wildman–Crippen LogP) is 4.43. The molecule has 0 spiro atoms. The number of ether oxygens (including phenoxy) is 2. The lowest BCUT2D eigenvalue weighted by Crippen LogP contribution is -2.48. The number of methoxy groups -OCH3 is 1. The minimum Gasteiger partial charge on any atom is -0.494 e. The number of thiophene rings is 1. The summed E-state index contributed by atoms with van der Waals surface area (Å²) in [5, 5.41) is 5.11. The molecule has 2 amide bonds. The van der Waals surface area contributed by atoms with Crippen LogP contribution in [0.4, 0.5) is 0 Å². The molecule has 0 radical (unpaired) electrons. The zero-order chi connectivity index (χ0) is 23.9. The molecule has 1 aliphatic heterocycles. The third-order valence-corrected chi connectivity index (χ3v) is 6.98. The Balaban J connectivity index is 1.57. The van der Waals surface area contributed by atoms with Crippen molar-refractivity contribution < 1.29 is 19.1 Å². The summed E-state index contributed by atoms with van der Waals surface area (Å²) in [6.45, 7) is 3.92. The molecule has 7 heteroatoms. The van der Waals surface area contributed by atoms with E-state index in [9.17, 15) is 9.59 Å². The number of amides is 2. The van der Waals surface area contributed by atoms with Gasteiger partial charge in [-0.1, -0.05) is 36.4 Å². The van der Waals surface area contributed by atoms with Gasteiger partial charge < -0.3 is 19.7 Å². The highest BCUT2D eigenvalue weighted by Gasteiger charge is 2.44. The Hall–Kier alpha value is -3.16. The van der Waals surface area contributed by atoms with E-state index in [1.165, 1.54) is 0 Å². The molecule has 1 aromatic heterocycles. The molecule has 3 aromatic rings. The molecule has 0 bridgehead atoms. The fourth-order valence-corrected chi connectivity index (χ4v) is 5.32. The molecule has 2 atom stereocenters. The Morgan fingerprint density at radius 2 is 1.88 bits per heavy atom. The molecular weight excluding hydrogens is 448 g/mol. The van der Waals surface area contributed by atoms with Crippen LogP contribution in [0.15, 0.2) is 66.0 Å². The van der Waals surface area contributed by atoms with E-state index in [4.69, 9.17) is 9.47 Å². The molecule has 34 heavy (non-hydrogen) atoms. The normalized spacial score (nSPS) is 17.4. The lowest BCUT2D eigenvalue weighted by atomic mass is 9.81. The van der Waals surface area contributed by atoms with Crippen LogP contribution in [0.5, 0.6) is 5.75 Å². The topological polar surface area (TPSA) is 67.9 Å². The van der Waals surface area contributed by atoms with E-state index in [0.29, 0.717) is 38.3 Å². The van der Waals surface area contributed by atoms with Gasteiger partial charge in [0.25, 0.3) is 5.91 Å². The Bertz CT molecular complexity index is 1100. The van der Waals surface area contributed by atoms with E-state index >= 15 is 0 Å². The maximum atomic E-state index is 13.6. The second kappa shape index (κ2) is 11.3. The summed E-state index contributed by atoms with van der Waals surface area (Å²) in [5.74, 6) is 0.203. The first-order valence-corrected chi connectivity index (χ1v) is 12.4. The number of hydrogen-bond donors (Lipinski definition) is 1. The number of benzene rings is 2. The van der Waals surface area contributed by atoms with E-state index in [2.05, 4.69) is 5.32 Å². The van der Waals surface area contributed by atoms with Crippen molar-refractivity contribution in [3.8, 4) is 5.75 Å². The highest BCUT2D eigenvalue weighted by Crippen LogP contribution is 2.44. The lowest BCUT2D eigenvalue weighted by molar-refractivity contribution is -0.124. The number of nitrogens with zero attached hydrogens (tertiary/aromatic N) is 1. The summed E-state index contributed by atoms with van der Waals surface area (Å²) in [7, 11) is 1.62. The Labute approximate surface area is 204 Å². The van der Waals surface area contributed by atoms with Gasteiger partial charge in [-0.05, 0) is 54.1 Å². The molecule has 2 unspecified atom stereocenters. The summed E-state index contributed by atoms with van der Waals surface area (Å²) in [6, 6.07) is 19.0. The van der Waals surface area contributed by atoms with E-state index < -0.39 is 5.92 Å². The Kier molecular flexibility index (Phi) is 7.98. The van der Waals surface area contributed by atoms with Gasteiger partial charge in [0.1, 0.15) is 5.75 Å². The van der Waals surface area contributed by atoms with Crippen molar-refractivity contribution in [1.29, 1.82) is 0 Å². The molecule has 0 saturated carbocycles. The van der Waals surface area contributed by atoms with Crippen LogP contribution in [0, 0.1) is 0 Å². The van der Waals surface area contributed by atoms with E-state index in [1.807, 2.05) is 73.0 Å². The standard InChI is InChI=1S/C27H30N2O4S/c1-3-33-20-12-10-19(11-13-20)14-15-28-26(30)24-21-7-4-5-8-22(21)27(31)29(16-17-32-2)25(24)23-9-6-18-34-23/h4-13,18,24-25H,3,14-17H2,1-2H3,(H,28,30). The summed E-state index contributed by atoms with van der Waals surface area (Å²) < 4.78 is 10.8. The Morgan fingerprint density at radius 1 is 1.09 bits per heavy atom. The van der Waals surface area contributed by atoms with E-state index in [0.717, 1.165) is 21.8 Å². The average Bonchev–Trinajstić information content (AvgIpc) is 3.39. The smallest absolute Gasteiger partial charge is 0.254 e.